The minimum atomic E-state index is -3.85. The first-order chi connectivity index (χ1) is 11.1. The van der Waals surface area contributed by atoms with E-state index < -0.39 is 21.7 Å². The molecule has 0 radical (unpaired) electrons. The molecule has 0 spiro atoms. The summed E-state index contributed by atoms with van der Waals surface area (Å²) in [5.41, 5.74) is -0.584. The average molecular weight is 359 g/mol. The SMILES string of the molecule is COc1cnoc1S(=O)(=O)N1CC2CN(C(=O)OC(C)(C)C)C2C1. The highest BCUT2D eigenvalue weighted by atomic mass is 32.2. The van der Waals surface area contributed by atoms with E-state index in [1.807, 2.05) is 0 Å². The summed E-state index contributed by atoms with van der Waals surface area (Å²) >= 11 is 0. The van der Waals surface area contributed by atoms with Crippen LogP contribution >= 0.6 is 0 Å². The number of carbonyl (C=O) groups is 1. The van der Waals surface area contributed by atoms with Gasteiger partial charge in [-0.15, -0.1) is 0 Å². The van der Waals surface area contributed by atoms with Gasteiger partial charge >= 0.3 is 11.2 Å². The minimum absolute atomic E-state index is 0.0678. The summed E-state index contributed by atoms with van der Waals surface area (Å²) < 4.78 is 41.8. The predicted molar refractivity (Wildman–Crippen MR) is 82.0 cm³/mol. The van der Waals surface area contributed by atoms with Crippen molar-refractivity contribution in [2.45, 2.75) is 37.5 Å². The molecule has 2 fully saturated rings. The Labute approximate surface area is 140 Å². The highest BCUT2D eigenvalue weighted by Gasteiger charge is 2.52. The van der Waals surface area contributed by atoms with E-state index in [0.29, 0.717) is 13.1 Å². The Hall–Kier alpha value is -1.81. The maximum atomic E-state index is 12.7. The molecule has 9 nitrogen and oxygen atoms in total. The lowest BCUT2D eigenvalue weighted by Gasteiger charge is -2.43. The maximum Gasteiger partial charge on any atom is 0.410 e. The molecular weight excluding hydrogens is 338 g/mol. The van der Waals surface area contributed by atoms with E-state index in [0.717, 1.165) is 0 Å². The molecule has 1 amide bonds. The number of ether oxygens (including phenoxy) is 2. The second kappa shape index (κ2) is 5.62. The monoisotopic (exact) mass is 359 g/mol. The van der Waals surface area contributed by atoms with E-state index in [-0.39, 0.29) is 29.3 Å². The van der Waals surface area contributed by atoms with Crippen LogP contribution in [0.4, 0.5) is 4.79 Å². The molecule has 10 heteroatoms. The number of sulfonamides is 1. The van der Waals surface area contributed by atoms with Crippen molar-refractivity contribution < 1.29 is 27.2 Å². The molecule has 0 bridgehead atoms. The van der Waals surface area contributed by atoms with Crippen LogP contribution in [0.5, 0.6) is 5.75 Å². The molecule has 2 aliphatic rings. The van der Waals surface area contributed by atoms with Gasteiger partial charge in [0.1, 0.15) is 11.8 Å². The Balaban J connectivity index is 1.71. The van der Waals surface area contributed by atoms with Crippen molar-refractivity contribution in [3.8, 4) is 5.75 Å². The number of likely N-dealkylation sites (tertiary alicyclic amines) is 1. The molecule has 0 saturated carbocycles. The van der Waals surface area contributed by atoms with E-state index in [1.54, 1.807) is 25.7 Å². The van der Waals surface area contributed by atoms with Crippen LogP contribution in [-0.2, 0) is 14.8 Å². The van der Waals surface area contributed by atoms with E-state index >= 15 is 0 Å². The summed E-state index contributed by atoms with van der Waals surface area (Å²) in [7, 11) is -2.50. The smallest absolute Gasteiger partial charge is 0.410 e. The summed E-state index contributed by atoms with van der Waals surface area (Å²) in [6.45, 7) is 6.41. The molecule has 1 aromatic rings. The van der Waals surface area contributed by atoms with Crippen LogP contribution in [0.1, 0.15) is 20.8 Å². The minimum Gasteiger partial charge on any atom is -0.491 e. The second-order valence-corrected chi connectivity index (χ2v) is 8.80. The van der Waals surface area contributed by atoms with E-state index in [2.05, 4.69) is 5.16 Å². The lowest BCUT2D eigenvalue weighted by Crippen LogP contribution is -2.59. The molecule has 0 aromatic carbocycles. The summed E-state index contributed by atoms with van der Waals surface area (Å²) in [6, 6.07) is -0.177. The molecule has 2 saturated heterocycles. The van der Waals surface area contributed by atoms with Gasteiger partial charge < -0.3 is 18.9 Å². The maximum absolute atomic E-state index is 12.7. The van der Waals surface area contributed by atoms with Crippen LogP contribution in [0.3, 0.4) is 0 Å². The highest BCUT2D eigenvalue weighted by molar-refractivity contribution is 7.89. The zero-order valence-electron chi connectivity index (χ0n) is 14.1. The van der Waals surface area contributed by atoms with E-state index in [4.69, 9.17) is 14.0 Å². The third-order valence-corrected chi connectivity index (χ3v) is 5.86. The quantitative estimate of drug-likeness (QED) is 0.791. The summed E-state index contributed by atoms with van der Waals surface area (Å²) in [4.78, 5) is 13.7. The number of fused-ring (bicyclic) bond motifs is 1. The van der Waals surface area contributed by atoms with Crippen LogP contribution in [-0.4, -0.2) is 67.3 Å². The van der Waals surface area contributed by atoms with Crippen LogP contribution in [0.25, 0.3) is 0 Å². The summed E-state index contributed by atoms with van der Waals surface area (Å²) in [5.74, 6) is 0.166. The van der Waals surface area contributed by atoms with Crippen LogP contribution in [0.15, 0.2) is 15.8 Å². The molecule has 2 atom stereocenters. The third kappa shape index (κ3) is 2.84. The van der Waals surface area contributed by atoms with E-state index in [9.17, 15) is 13.2 Å². The Kier molecular flexibility index (Phi) is 3.99. The van der Waals surface area contributed by atoms with Gasteiger partial charge in [-0.3, -0.25) is 0 Å². The van der Waals surface area contributed by atoms with Crippen molar-refractivity contribution in [3.63, 3.8) is 0 Å². The molecule has 2 aliphatic heterocycles. The van der Waals surface area contributed by atoms with Crippen molar-refractivity contribution in [1.82, 2.24) is 14.4 Å². The van der Waals surface area contributed by atoms with Gasteiger partial charge in [0.05, 0.1) is 13.2 Å². The lowest BCUT2D eigenvalue weighted by atomic mass is 9.93. The Bertz CT molecular complexity index is 738. The fourth-order valence-electron chi connectivity index (χ4n) is 2.97. The summed E-state index contributed by atoms with van der Waals surface area (Å²) in [6.07, 6.45) is 0.796. The van der Waals surface area contributed by atoms with Crippen molar-refractivity contribution in [2.24, 2.45) is 5.92 Å². The molecule has 2 unspecified atom stereocenters. The van der Waals surface area contributed by atoms with Crippen LogP contribution in [0.2, 0.25) is 0 Å². The van der Waals surface area contributed by atoms with Crippen molar-refractivity contribution in [3.05, 3.63) is 6.20 Å². The van der Waals surface area contributed by atoms with Gasteiger partial charge in [-0.05, 0) is 20.8 Å². The first-order valence-corrected chi connectivity index (χ1v) is 9.06. The molecule has 134 valence electrons. The van der Waals surface area contributed by atoms with Crippen molar-refractivity contribution in [2.75, 3.05) is 26.7 Å². The highest BCUT2D eigenvalue weighted by Crippen LogP contribution is 2.37. The van der Waals surface area contributed by atoms with E-state index in [1.165, 1.54) is 17.6 Å². The van der Waals surface area contributed by atoms with Gasteiger partial charge in [0.2, 0.25) is 0 Å². The number of hydrogen-bond donors (Lipinski definition) is 0. The summed E-state index contributed by atoms with van der Waals surface area (Å²) in [5, 5.41) is 3.17. The fraction of sp³-hybridized carbons (Fsp3) is 0.714. The number of aromatic nitrogens is 1. The normalized spacial score (nSPS) is 24.4. The number of amides is 1. The van der Waals surface area contributed by atoms with Gasteiger partial charge in [0.25, 0.3) is 10.0 Å². The lowest BCUT2D eigenvalue weighted by molar-refractivity contribution is -0.0164. The fourth-order valence-corrected chi connectivity index (χ4v) is 4.47. The first kappa shape index (κ1) is 17.0. The molecule has 3 rings (SSSR count). The Morgan fingerprint density at radius 2 is 2.04 bits per heavy atom. The molecule has 0 N–H and O–H groups in total. The molecule has 3 heterocycles. The number of nitrogens with zero attached hydrogens (tertiary/aromatic N) is 3. The Morgan fingerprint density at radius 1 is 1.33 bits per heavy atom. The number of methoxy groups -OCH3 is 1. The van der Waals surface area contributed by atoms with Gasteiger partial charge in [-0.2, -0.15) is 4.31 Å². The van der Waals surface area contributed by atoms with Gasteiger partial charge in [0, 0.05) is 25.6 Å². The number of rotatable bonds is 3. The number of carbonyl (C=O) groups excluding carboxylic acids is 1. The van der Waals surface area contributed by atoms with Crippen molar-refractivity contribution >= 4 is 16.1 Å². The molecular formula is C14H21N3O6S. The van der Waals surface area contributed by atoms with Gasteiger partial charge in [-0.1, -0.05) is 5.16 Å². The van der Waals surface area contributed by atoms with Gasteiger partial charge in [-0.25, -0.2) is 13.2 Å². The average Bonchev–Trinajstić information content (AvgIpc) is 3.03. The largest absolute Gasteiger partial charge is 0.491 e. The Morgan fingerprint density at radius 3 is 2.67 bits per heavy atom. The van der Waals surface area contributed by atoms with Crippen LogP contribution in [0, 0.1) is 5.92 Å². The second-order valence-electron chi connectivity index (χ2n) is 6.96. The molecule has 0 aliphatic carbocycles. The standard InChI is InChI=1S/C14H21N3O6S/c1-14(2,3)22-13(18)17-7-9-6-16(8-10(9)17)24(19,20)12-11(21-4)5-15-23-12/h5,9-10H,6-8H2,1-4H3. The molecule has 1 aromatic heterocycles. The van der Waals surface area contributed by atoms with Gasteiger partial charge in [0.15, 0.2) is 5.75 Å². The zero-order chi connectivity index (χ0) is 17.7. The third-order valence-electron chi connectivity index (χ3n) is 4.13. The first-order valence-electron chi connectivity index (χ1n) is 7.62. The zero-order valence-corrected chi connectivity index (χ0v) is 14.9. The predicted octanol–water partition coefficient (Wildman–Crippen LogP) is 0.923. The van der Waals surface area contributed by atoms with Crippen LogP contribution < -0.4 is 4.74 Å². The topological polar surface area (TPSA) is 102 Å². The van der Waals surface area contributed by atoms with Crippen molar-refractivity contribution in [1.29, 1.82) is 0 Å². The number of hydrogen-bond acceptors (Lipinski definition) is 7. The molecule has 24 heavy (non-hydrogen) atoms.